The molecule has 1 amide bonds. The number of hydrogen-bond acceptors (Lipinski definition) is 6. The number of thioether (sulfide) groups is 1. The highest BCUT2D eigenvalue weighted by Gasteiger charge is 2.32. The SMILES string of the molecule is CC(=O)N1CCC[C@@H](Nc2nnc(-c3ccc(C(F)(F)F)cc3O)c3c2CSC3)C1. The fourth-order valence-electron chi connectivity index (χ4n) is 3.89. The molecule has 1 aromatic carbocycles. The summed E-state index contributed by atoms with van der Waals surface area (Å²) in [6.45, 7) is 2.90. The number of alkyl halides is 3. The summed E-state index contributed by atoms with van der Waals surface area (Å²) in [6.07, 6.45) is -2.71. The molecule has 10 heteroatoms. The van der Waals surface area contributed by atoms with E-state index in [0.29, 0.717) is 29.6 Å². The van der Waals surface area contributed by atoms with Crippen molar-refractivity contribution >= 4 is 23.5 Å². The molecule has 0 bridgehead atoms. The summed E-state index contributed by atoms with van der Waals surface area (Å²) in [7, 11) is 0. The number of rotatable bonds is 3. The zero-order valence-corrected chi connectivity index (χ0v) is 17.1. The van der Waals surface area contributed by atoms with Gasteiger partial charge in [-0.3, -0.25) is 4.79 Å². The minimum atomic E-state index is -4.53. The van der Waals surface area contributed by atoms with Gasteiger partial charge in [-0.15, -0.1) is 10.2 Å². The van der Waals surface area contributed by atoms with Crippen LogP contribution in [0.5, 0.6) is 5.75 Å². The Morgan fingerprint density at radius 2 is 2.03 bits per heavy atom. The first-order valence-corrected chi connectivity index (χ1v) is 10.8. The van der Waals surface area contributed by atoms with E-state index in [9.17, 15) is 23.1 Å². The van der Waals surface area contributed by atoms with E-state index < -0.39 is 17.5 Å². The molecule has 0 spiro atoms. The van der Waals surface area contributed by atoms with Crippen LogP contribution in [0, 0.1) is 0 Å². The monoisotopic (exact) mass is 438 g/mol. The Hall–Kier alpha value is -2.49. The maximum Gasteiger partial charge on any atom is 0.416 e. The van der Waals surface area contributed by atoms with Gasteiger partial charge in [-0.2, -0.15) is 24.9 Å². The lowest BCUT2D eigenvalue weighted by Crippen LogP contribution is -2.44. The number of halogens is 3. The van der Waals surface area contributed by atoms with Gasteiger partial charge in [-0.1, -0.05) is 0 Å². The van der Waals surface area contributed by atoms with Crippen molar-refractivity contribution in [3.63, 3.8) is 0 Å². The van der Waals surface area contributed by atoms with Gasteiger partial charge in [0.2, 0.25) is 5.91 Å². The van der Waals surface area contributed by atoms with Gasteiger partial charge in [-0.05, 0) is 36.6 Å². The molecule has 2 N–H and O–H groups in total. The number of phenols is 1. The van der Waals surface area contributed by atoms with Gasteiger partial charge in [0.05, 0.1) is 5.56 Å². The van der Waals surface area contributed by atoms with Crippen molar-refractivity contribution in [3.8, 4) is 17.0 Å². The summed E-state index contributed by atoms with van der Waals surface area (Å²) >= 11 is 1.66. The Balaban J connectivity index is 1.63. The molecule has 2 aliphatic heterocycles. The van der Waals surface area contributed by atoms with Crippen molar-refractivity contribution in [2.45, 2.75) is 43.5 Å². The Kier molecular flexibility index (Phi) is 5.52. The van der Waals surface area contributed by atoms with Crippen molar-refractivity contribution < 1.29 is 23.1 Å². The molecule has 0 radical (unpaired) electrons. The lowest BCUT2D eigenvalue weighted by molar-refractivity contribution is -0.137. The second kappa shape index (κ2) is 7.98. The summed E-state index contributed by atoms with van der Waals surface area (Å²) in [5.41, 5.74) is 1.55. The van der Waals surface area contributed by atoms with Crippen molar-refractivity contribution in [1.82, 2.24) is 15.1 Å². The Morgan fingerprint density at radius 3 is 2.73 bits per heavy atom. The third kappa shape index (κ3) is 4.05. The number of anilines is 1. The maximum atomic E-state index is 12.9. The first-order valence-electron chi connectivity index (χ1n) is 9.63. The van der Waals surface area contributed by atoms with E-state index in [2.05, 4.69) is 15.5 Å². The molecule has 1 fully saturated rings. The fourth-order valence-corrected chi connectivity index (χ4v) is 5.02. The predicted octanol–water partition coefficient (Wildman–Crippen LogP) is 4.04. The molecular formula is C20H21F3N4O2S. The Bertz CT molecular complexity index is 983. The minimum Gasteiger partial charge on any atom is -0.507 e. The molecule has 2 aliphatic rings. The molecule has 0 unspecified atom stereocenters. The maximum absolute atomic E-state index is 12.9. The molecule has 2 aromatic rings. The van der Waals surface area contributed by atoms with Crippen molar-refractivity contribution in [1.29, 1.82) is 0 Å². The third-order valence-corrected chi connectivity index (χ3v) is 6.45. The number of amides is 1. The second-order valence-corrected chi connectivity index (χ2v) is 8.51. The van der Waals surface area contributed by atoms with E-state index in [4.69, 9.17) is 0 Å². The lowest BCUT2D eigenvalue weighted by Gasteiger charge is -2.33. The molecule has 1 aromatic heterocycles. The van der Waals surface area contributed by atoms with Crippen LogP contribution in [0.4, 0.5) is 19.0 Å². The van der Waals surface area contributed by atoms with Crippen LogP contribution in [0.15, 0.2) is 18.2 Å². The second-order valence-electron chi connectivity index (χ2n) is 7.53. The first kappa shape index (κ1) is 20.8. The number of nitrogens with one attached hydrogen (secondary N) is 1. The van der Waals surface area contributed by atoms with E-state index in [-0.39, 0.29) is 17.5 Å². The van der Waals surface area contributed by atoms with Crippen LogP contribution in [0.1, 0.15) is 36.5 Å². The first-order chi connectivity index (χ1) is 14.2. The Morgan fingerprint density at radius 1 is 1.27 bits per heavy atom. The summed E-state index contributed by atoms with van der Waals surface area (Å²) in [4.78, 5) is 13.5. The zero-order chi connectivity index (χ0) is 21.5. The molecule has 4 rings (SSSR count). The third-order valence-electron chi connectivity index (χ3n) is 5.47. The minimum absolute atomic E-state index is 0.0431. The van der Waals surface area contributed by atoms with E-state index in [1.165, 1.54) is 6.07 Å². The topological polar surface area (TPSA) is 78.4 Å². The van der Waals surface area contributed by atoms with E-state index in [0.717, 1.165) is 42.6 Å². The van der Waals surface area contributed by atoms with E-state index >= 15 is 0 Å². The van der Waals surface area contributed by atoms with Crippen LogP contribution < -0.4 is 5.32 Å². The van der Waals surface area contributed by atoms with Gasteiger partial charge in [0.15, 0.2) is 5.82 Å². The van der Waals surface area contributed by atoms with Crippen LogP contribution in [-0.4, -0.2) is 45.2 Å². The van der Waals surface area contributed by atoms with Gasteiger partial charge in [0.1, 0.15) is 11.4 Å². The molecule has 0 aliphatic carbocycles. The number of aromatic nitrogens is 2. The van der Waals surface area contributed by atoms with Crippen LogP contribution >= 0.6 is 11.8 Å². The molecule has 3 heterocycles. The number of carbonyl (C=O) groups excluding carboxylic acids is 1. The standard InChI is InChI=1S/C20H21F3N4O2S/c1-11(28)27-6-2-3-13(8-27)24-19-16-10-30-9-15(16)18(25-26-19)14-5-4-12(7-17(14)29)20(21,22)23/h4-5,7,13,29H,2-3,6,8-10H2,1H3,(H,24,26)/t13-/m1/s1. The number of nitrogens with zero attached hydrogens (tertiary/aromatic N) is 3. The quantitative estimate of drug-likeness (QED) is 0.753. The largest absolute Gasteiger partial charge is 0.507 e. The number of phenolic OH excluding ortho intramolecular Hbond substituents is 1. The molecule has 1 atom stereocenters. The van der Waals surface area contributed by atoms with Gasteiger partial charge in [0, 0.05) is 48.7 Å². The molecule has 6 nitrogen and oxygen atoms in total. The van der Waals surface area contributed by atoms with E-state index in [1.807, 2.05) is 0 Å². The summed E-state index contributed by atoms with van der Waals surface area (Å²) in [5, 5.41) is 22.2. The van der Waals surface area contributed by atoms with Gasteiger partial charge in [-0.25, -0.2) is 0 Å². The fraction of sp³-hybridized carbons (Fsp3) is 0.450. The molecule has 1 saturated heterocycles. The highest BCUT2D eigenvalue weighted by Crippen LogP contribution is 2.42. The lowest BCUT2D eigenvalue weighted by atomic mass is 10.0. The normalized spacial score (nSPS) is 18.9. The highest BCUT2D eigenvalue weighted by molar-refractivity contribution is 7.98. The number of likely N-dealkylation sites (tertiary alicyclic amines) is 1. The predicted molar refractivity (Wildman–Crippen MR) is 108 cm³/mol. The number of carbonyl (C=O) groups is 1. The molecule has 0 saturated carbocycles. The van der Waals surface area contributed by atoms with Crippen LogP contribution in [0.3, 0.4) is 0 Å². The summed E-state index contributed by atoms with van der Waals surface area (Å²) in [6, 6.07) is 2.97. The number of piperidine rings is 1. The van der Waals surface area contributed by atoms with Crippen molar-refractivity contribution in [2.24, 2.45) is 0 Å². The molecule has 30 heavy (non-hydrogen) atoms. The Labute approximate surface area is 175 Å². The summed E-state index contributed by atoms with van der Waals surface area (Å²) < 4.78 is 38.7. The molecular weight excluding hydrogens is 417 g/mol. The number of benzene rings is 1. The average Bonchev–Trinajstić information content (AvgIpc) is 3.18. The number of hydrogen-bond donors (Lipinski definition) is 2. The number of aromatic hydroxyl groups is 1. The van der Waals surface area contributed by atoms with Crippen LogP contribution in [-0.2, 0) is 22.5 Å². The van der Waals surface area contributed by atoms with Gasteiger partial charge in [0.25, 0.3) is 0 Å². The smallest absolute Gasteiger partial charge is 0.416 e. The number of fused-ring (bicyclic) bond motifs is 1. The highest BCUT2D eigenvalue weighted by atomic mass is 32.2. The van der Waals surface area contributed by atoms with E-state index in [1.54, 1.807) is 23.6 Å². The van der Waals surface area contributed by atoms with Crippen molar-refractivity contribution in [3.05, 3.63) is 34.9 Å². The zero-order valence-electron chi connectivity index (χ0n) is 16.3. The molecule has 160 valence electrons. The van der Waals surface area contributed by atoms with Crippen LogP contribution in [0.2, 0.25) is 0 Å². The summed E-state index contributed by atoms with van der Waals surface area (Å²) in [5.74, 6) is 1.55. The average molecular weight is 438 g/mol. The van der Waals surface area contributed by atoms with Gasteiger partial charge >= 0.3 is 6.18 Å². The van der Waals surface area contributed by atoms with Crippen LogP contribution in [0.25, 0.3) is 11.3 Å². The van der Waals surface area contributed by atoms with Gasteiger partial charge < -0.3 is 15.3 Å². The van der Waals surface area contributed by atoms with Crippen molar-refractivity contribution in [2.75, 3.05) is 18.4 Å².